The second-order valence-corrected chi connectivity index (χ2v) is 7.45. The molecule has 1 fully saturated rings. The molecule has 0 aliphatic carbocycles. The number of nitrogens with zero attached hydrogens (tertiary/aromatic N) is 3. The number of hydrogen-bond donors (Lipinski definition) is 3. The SMILES string of the molecule is Cc1nc2c(-c3ccccc3)c(C(F)(F)F)[nH]n2c(=O)c1C(=O)N[C@H]1CCN(C(=O)O)C1. The number of alkyl halides is 3. The number of carboxylic acid groups (broad SMARTS) is 1. The van der Waals surface area contributed by atoms with Gasteiger partial charge in [-0.2, -0.15) is 17.7 Å². The summed E-state index contributed by atoms with van der Waals surface area (Å²) in [6.07, 6.45) is -5.57. The summed E-state index contributed by atoms with van der Waals surface area (Å²) >= 11 is 0. The van der Waals surface area contributed by atoms with Crippen molar-refractivity contribution < 1.29 is 27.9 Å². The summed E-state index contributed by atoms with van der Waals surface area (Å²) < 4.78 is 41.8. The van der Waals surface area contributed by atoms with Crippen LogP contribution in [0.25, 0.3) is 16.8 Å². The third-order valence-corrected chi connectivity index (χ3v) is 5.33. The van der Waals surface area contributed by atoms with Crippen LogP contribution in [-0.2, 0) is 6.18 Å². The normalized spacial score (nSPS) is 16.5. The molecular formula is C20H18F3N5O4. The first-order chi connectivity index (χ1) is 15.1. The smallest absolute Gasteiger partial charge is 0.433 e. The number of aromatic amines is 1. The van der Waals surface area contributed by atoms with E-state index in [1.165, 1.54) is 19.1 Å². The zero-order chi connectivity index (χ0) is 23.2. The Hall–Kier alpha value is -3.83. The second kappa shape index (κ2) is 7.70. The van der Waals surface area contributed by atoms with E-state index in [2.05, 4.69) is 15.4 Å². The van der Waals surface area contributed by atoms with Gasteiger partial charge in [-0.05, 0) is 18.9 Å². The van der Waals surface area contributed by atoms with Gasteiger partial charge >= 0.3 is 12.3 Å². The van der Waals surface area contributed by atoms with Crippen LogP contribution < -0.4 is 10.9 Å². The Labute approximate surface area is 178 Å². The number of halogens is 3. The van der Waals surface area contributed by atoms with Crippen LogP contribution >= 0.6 is 0 Å². The Balaban J connectivity index is 1.80. The standard InChI is InChI=1S/C20H18F3N5O4/c1-10-13(17(29)25-12-7-8-27(9-12)19(31)32)18(30)28-16(24-10)14(11-5-3-2-4-6-11)15(26-28)20(21,22)23/h2-6,12,26H,7-9H2,1H3,(H,25,29)(H,31,32)/t12-/m0/s1. The fraction of sp³-hybridized carbons (Fsp3) is 0.300. The lowest BCUT2D eigenvalue weighted by Gasteiger charge is -2.14. The average Bonchev–Trinajstić information content (AvgIpc) is 3.33. The molecule has 1 saturated heterocycles. The number of rotatable bonds is 3. The Bertz CT molecular complexity index is 1270. The first-order valence-electron chi connectivity index (χ1n) is 9.64. The number of amides is 2. The zero-order valence-corrected chi connectivity index (χ0v) is 16.7. The molecule has 3 aromatic rings. The highest BCUT2D eigenvalue weighted by Gasteiger charge is 2.39. The first-order valence-corrected chi connectivity index (χ1v) is 9.64. The third kappa shape index (κ3) is 3.67. The van der Waals surface area contributed by atoms with Gasteiger partial charge < -0.3 is 15.3 Å². The van der Waals surface area contributed by atoms with Crippen molar-refractivity contribution >= 4 is 17.6 Å². The topological polar surface area (TPSA) is 120 Å². The summed E-state index contributed by atoms with van der Waals surface area (Å²) in [5.41, 5.74) is -2.92. The molecule has 0 bridgehead atoms. The quantitative estimate of drug-likeness (QED) is 0.568. The monoisotopic (exact) mass is 449 g/mol. The number of likely N-dealkylation sites (tertiary alicyclic amines) is 1. The molecule has 4 rings (SSSR count). The molecular weight excluding hydrogens is 431 g/mol. The van der Waals surface area contributed by atoms with Crippen LogP contribution in [0.2, 0.25) is 0 Å². The van der Waals surface area contributed by atoms with Crippen LogP contribution in [0.5, 0.6) is 0 Å². The van der Waals surface area contributed by atoms with Crippen molar-refractivity contribution in [1.29, 1.82) is 0 Å². The van der Waals surface area contributed by atoms with Crippen molar-refractivity contribution in [2.24, 2.45) is 0 Å². The predicted molar refractivity (Wildman–Crippen MR) is 106 cm³/mol. The number of aryl methyl sites for hydroxylation is 1. The number of carbonyl (C=O) groups excluding carboxylic acids is 1. The van der Waals surface area contributed by atoms with Crippen molar-refractivity contribution in [2.75, 3.05) is 13.1 Å². The molecule has 1 aromatic carbocycles. The summed E-state index contributed by atoms with van der Waals surface area (Å²) in [7, 11) is 0. The molecule has 1 aliphatic heterocycles. The van der Waals surface area contributed by atoms with Gasteiger partial charge in [-0.3, -0.25) is 14.7 Å². The van der Waals surface area contributed by atoms with E-state index in [-0.39, 0.29) is 35.6 Å². The minimum Gasteiger partial charge on any atom is -0.465 e. The Morgan fingerprint density at radius 1 is 1.25 bits per heavy atom. The Kier molecular flexibility index (Phi) is 5.15. The van der Waals surface area contributed by atoms with Crippen LogP contribution in [0.15, 0.2) is 35.1 Å². The van der Waals surface area contributed by atoms with Crippen molar-refractivity contribution in [3.05, 3.63) is 57.6 Å². The number of H-pyrrole nitrogens is 1. The fourth-order valence-electron chi connectivity index (χ4n) is 3.83. The van der Waals surface area contributed by atoms with Gasteiger partial charge in [0, 0.05) is 19.1 Å². The molecule has 0 radical (unpaired) electrons. The van der Waals surface area contributed by atoms with Gasteiger partial charge in [0.15, 0.2) is 5.65 Å². The molecule has 0 saturated carbocycles. The highest BCUT2D eigenvalue weighted by molar-refractivity contribution is 5.95. The number of fused-ring (bicyclic) bond motifs is 1. The maximum Gasteiger partial charge on any atom is 0.433 e. The molecule has 0 spiro atoms. The van der Waals surface area contributed by atoms with E-state index in [4.69, 9.17) is 5.11 Å². The largest absolute Gasteiger partial charge is 0.465 e. The summed E-state index contributed by atoms with van der Waals surface area (Å²) in [5, 5.41) is 13.7. The van der Waals surface area contributed by atoms with Crippen LogP contribution in [0.4, 0.5) is 18.0 Å². The maximum atomic E-state index is 13.7. The summed E-state index contributed by atoms with van der Waals surface area (Å²) in [5.74, 6) is -0.823. The molecule has 0 unspecified atom stereocenters. The summed E-state index contributed by atoms with van der Waals surface area (Å²) in [6.45, 7) is 1.64. The Morgan fingerprint density at radius 2 is 1.94 bits per heavy atom. The fourth-order valence-corrected chi connectivity index (χ4v) is 3.83. The minimum atomic E-state index is -4.80. The molecule has 1 atom stereocenters. The molecule has 2 aromatic heterocycles. The van der Waals surface area contributed by atoms with Crippen LogP contribution in [0.1, 0.15) is 28.2 Å². The van der Waals surface area contributed by atoms with E-state index in [9.17, 15) is 27.6 Å². The molecule has 2 amide bonds. The lowest BCUT2D eigenvalue weighted by molar-refractivity contribution is -0.140. The first kappa shape index (κ1) is 21.4. The van der Waals surface area contributed by atoms with Crippen LogP contribution in [0, 0.1) is 6.92 Å². The number of nitrogens with one attached hydrogen (secondary N) is 2. The zero-order valence-electron chi connectivity index (χ0n) is 16.7. The number of benzene rings is 1. The number of carbonyl (C=O) groups is 2. The van der Waals surface area contributed by atoms with Crippen molar-refractivity contribution in [3.63, 3.8) is 0 Å². The van der Waals surface area contributed by atoms with E-state index in [0.29, 0.717) is 10.9 Å². The maximum absolute atomic E-state index is 13.7. The van der Waals surface area contributed by atoms with E-state index < -0.39 is 41.0 Å². The minimum absolute atomic E-state index is 0.0366. The Morgan fingerprint density at radius 3 is 2.53 bits per heavy atom. The summed E-state index contributed by atoms with van der Waals surface area (Å²) in [4.78, 5) is 42.1. The second-order valence-electron chi connectivity index (χ2n) is 7.45. The van der Waals surface area contributed by atoms with Gasteiger partial charge in [0.1, 0.15) is 11.3 Å². The third-order valence-electron chi connectivity index (χ3n) is 5.33. The molecule has 3 heterocycles. The molecule has 3 N–H and O–H groups in total. The van der Waals surface area contributed by atoms with Crippen molar-refractivity contribution in [1.82, 2.24) is 24.8 Å². The highest BCUT2D eigenvalue weighted by Crippen LogP contribution is 2.38. The molecule has 1 aliphatic rings. The van der Waals surface area contributed by atoms with Gasteiger partial charge in [0.25, 0.3) is 11.5 Å². The van der Waals surface area contributed by atoms with Crippen LogP contribution in [-0.4, -0.2) is 55.7 Å². The molecule has 12 heteroatoms. The molecule has 168 valence electrons. The molecule has 9 nitrogen and oxygen atoms in total. The lowest BCUT2D eigenvalue weighted by atomic mass is 10.1. The van der Waals surface area contributed by atoms with E-state index >= 15 is 0 Å². The number of hydrogen-bond acceptors (Lipinski definition) is 4. The van der Waals surface area contributed by atoms with Crippen molar-refractivity contribution in [3.8, 4) is 11.1 Å². The van der Waals surface area contributed by atoms with Gasteiger partial charge in [-0.25, -0.2) is 9.78 Å². The van der Waals surface area contributed by atoms with E-state index in [0.717, 1.165) is 4.90 Å². The van der Waals surface area contributed by atoms with Gasteiger partial charge in [0.2, 0.25) is 0 Å². The lowest BCUT2D eigenvalue weighted by Crippen LogP contribution is -2.41. The van der Waals surface area contributed by atoms with E-state index in [1.54, 1.807) is 18.2 Å². The summed E-state index contributed by atoms with van der Waals surface area (Å²) in [6, 6.07) is 7.19. The van der Waals surface area contributed by atoms with Gasteiger partial charge in [0.05, 0.1) is 11.3 Å². The van der Waals surface area contributed by atoms with Crippen LogP contribution in [0.3, 0.4) is 0 Å². The highest BCUT2D eigenvalue weighted by atomic mass is 19.4. The van der Waals surface area contributed by atoms with Crippen molar-refractivity contribution in [2.45, 2.75) is 25.6 Å². The van der Waals surface area contributed by atoms with E-state index in [1.807, 2.05) is 0 Å². The predicted octanol–water partition coefficient (Wildman–Crippen LogP) is 2.50. The average molecular weight is 449 g/mol. The molecule has 32 heavy (non-hydrogen) atoms. The van der Waals surface area contributed by atoms with Gasteiger partial charge in [-0.15, -0.1) is 0 Å². The number of aromatic nitrogens is 3. The van der Waals surface area contributed by atoms with Gasteiger partial charge in [-0.1, -0.05) is 30.3 Å².